The van der Waals surface area contributed by atoms with E-state index in [1.165, 1.54) is 0 Å². The Morgan fingerprint density at radius 2 is 1.45 bits per heavy atom. The van der Waals surface area contributed by atoms with Gasteiger partial charge in [0, 0.05) is 11.6 Å². The molecule has 0 heterocycles. The van der Waals surface area contributed by atoms with Crippen LogP contribution in [-0.4, -0.2) is 20.1 Å². The largest absolute Gasteiger partial charge is 0.497 e. The number of hydrogen-bond acceptors (Lipinski definition) is 5. The Bertz CT molecular complexity index is 997. The third-order valence-electron chi connectivity index (χ3n) is 4.01. The van der Waals surface area contributed by atoms with Gasteiger partial charge < -0.3 is 18.9 Å². The minimum atomic E-state index is 0.416. The molecule has 0 N–H and O–H groups in total. The molecule has 0 radical (unpaired) electrons. The van der Waals surface area contributed by atoms with Crippen molar-refractivity contribution in [1.29, 1.82) is 0 Å². The quantitative estimate of drug-likeness (QED) is 0.291. The third-order valence-corrected chi connectivity index (χ3v) is 4.01. The first-order valence-corrected chi connectivity index (χ1v) is 9.12. The van der Waals surface area contributed by atoms with Crippen molar-refractivity contribution in [3.8, 4) is 23.0 Å². The van der Waals surface area contributed by atoms with Crippen LogP contribution in [0, 0.1) is 0 Å². The predicted molar refractivity (Wildman–Crippen MR) is 115 cm³/mol. The number of ether oxygens (including phenoxy) is 4. The molecule has 0 aromatic heterocycles. The van der Waals surface area contributed by atoms with Crippen molar-refractivity contribution in [2.45, 2.75) is 6.92 Å². The smallest absolute Gasteiger partial charge is 0.225 e. The van der Waals surface area contributed by atoms with Gasteiger partial charge in [0.1, 0.15) is 11.5 Å². The van der Waals surface area contributed by atoms with E-state index in [1.54, 1.807) is 26.5 Å². The standard InChI is InChI=1S/C24H23NO4/c1-18(17-28-23-15-8-7-14-22(23)27-3)24(25-19-10-5-4-6-11-19)29-21-13-9-12-20(16-21)26-2/h4-17H,1-3H3. The highest BCUT2D eigenvalue weighted by Gasteiger charge is 2.09. The van der Waals surface area contributed by atoms with E-state index in [9.17, 15) is 0 Å². The molecule has 0 aliphatic carbocycles. The minimum Gasteiger partial charge on any atom is -0.497 e. The summed E-state index contributed by atoms with van der Waals surface area (Å²) in [5.41, 5.74) is 1.48. The highest BCUT2D eigenvalue weighted by molar-refractivity contribution is 5.96. The van der Waals surface area contributed by atoms with Crippen molar-refractivity contribution in [2.75, 3.05) is 14.2 Å². The fourth-order valence-electron chi connectivity index (χ4n) is 2.51. The van der Waals surface area contributed by atoms with Gasteiger partial charge in [-0.15, -0.1) is 0 Å². The number of benzene rings is 3. The number of nitrogens with zero attached hydrogens (tertiary/aromatic N) is 1. The van der Waals surface area contributed by atoms with Crippen LogP contribution in [0.4, 0.5) is 5.69 Å². The first kappa shape index (κ1) is 20.0. The van der Waals surface area contributed by atoms with Gasteiger partial charge in [-0.25, -0.2) is 4.99 Å². The Hall–Kier alpha value is -3.73. The second-order valence-electron chi connectivity index (χ2n) is 6.10. The highest BCUT2D eigenvalue weighted by Crippen LogP contribution is 2.27. The lowest BCUT2D eigenvalue weighted by Crippen LogP contribution is -2.11. The third kappa shape index (κ3) is 5.62. The molecule has 0 saturated heterocycles. The maximum absolute atomic E-state index is 6.06. The molecule has 0 fully saturated rings. The van der Waals surface area contributed by atoms with Crippen LogP contribution >= 0.6 is 0 Å². The molecule has 3 aromatic rings. The molecular formula is C24H23NO4. The topological polar surface area (TPSA) is 49.3 Å². The first-order chi connectivity index (χ1) is 14.2. The van der Waals surface area contributed by atoms with Gasteiger partial charge in [-0.3, -0.25) is 0 Å². The van der Waals surface area contributed by atoms with E-state index in [-0.39, 0.29) is 0 Å². The van der Waals surface area contributed by atoms with Crippen molar-refractivity contribution in [3.05, 3.63) is 90.7 Å². The van der Waals surface area contributed by atoms with E-state index < -0.39 is 0 Å². The molecule has 0 spiro atoms. The number of aliphatic imine (C=N–C) groups is 1. The molecule has 0 unspecified atom stereocenters. The van der Waals surface area contributed by atoms with Crippen LogP contribution in [0.2, 0.25) is 0 Å². The average molecular weight is 389 g/mol. The van der Waals surface area contributed by atoms with Crippen LogP contribution in [0.5, 0.6) is 23.0 Å². The molecular weight excluding hydrogens is 366 g/mol. The van der Waals surface area contributed by atoms with E-state index in [2.05, 4.69) is 4.99 Å². The molecule has 0 saturated carbocycles. The van der Waals surface area contributed by atoms with Crippen LogP contribution < -0.4 is 18.9 Å². The summed E-state index contributed by atoms with van der Waals surface area (Å²) >= 11 is 0. The number of para-hydroxylation sites is 3. The fraction of sp³-hybridized carbons (Fsp3) is 0.125. The summed E-state index contributed by atoms with van der Waals surface area (Å²) in [5.74, 6) is 2.98. The van der Waals surface area contributed by atoms with Gasteiger partial charge >= 0.3 is 0 Å². The maximum Gasteiger partial charge on any atom is 0.225 e. The Balaban J connectivity index is 1.90. The van der Waals surface area contributed by atoms with Gasteiger partial charge in [0.2, 0.25) is 5.90 Å². The minimum absolute atomic E-state index is 0.416. The summed E-state index contributed by atoms with van der Waals surface area (Å²) in [6.45, 7) is 1.87. The number of rotatable bonds is 7. The van der Waals surface area contributed by atoms with Gasteiger partial charge in [0.05, 0.1) is 26.2 Å². The Kier molecular flexibility index (Phi) is 6.90. The predicted octanol–water partition coefficient (Wildman–Crippen LogP) is 5.80. The van der Waals surface area contributed by atoms with E-state index in [0.717, 1.165) is 5.69 Å². The molecule has 29 heavy (non-hydrogen) atoms. The number of hydrogen-bond donors (Lipinski definition) is 0. The summed E-state index contributed by atoms with van der Waals surface area (Å²) in [5, 5.41) is 0. The van der Waals surface area contributed by atoms with Gasteiger partial charge in [-0.1, -0.05) is 36.4 Å². The van der Waals surface area contributed by atoms with Crippen LogP contribution in [0.15, 0.2) is 95.7 Å². The van der Waals surface area contributed by atoms with Gasteiger partial charge in [-0.2, -0.15) is 0 Å². The normalized spacial score (nSPS) is 11.7. The summed E-state index contributed by atoms with van der Waals surface area (Å²) in [7, 11) is 3.22. The van der Waals surface area contributed by atoms with E-state index in [1.807, 2.05) is 79.7 Å². The summed E-state index contributed by atoms with van der Waals surface area (Å²) < 4.78 is 22.5. The molecule has 5 nitrogen and oxygen atoms in total. The number of methoxy groups -OCH3 is 2. The van der Waals surface area contributed by atoms with Crippen LogP contribution in [-0.2, 0) is 0 Å². The van der Waals surface area contributed by atoms with E-state index in [0.29, 0.717) is 34.5 Å². The monoisotopic (exact) mass is 389 g/mol. The Labute approximate surface area is 170 Å². The second kappa shape index (κ2) is 9.99. The fourth-order valence-corrected chi connectivity index (χ4v) is 2.51. The zero-order chi connectivity index (χ0) is 20.5. The van der Waals surface area contributed by atoms with Gasteiger partial charge in [0.15, 0.2) is 11.5 Å². The molecule has 0 aliphatic rings. The Morgan fingerprint density at radius 3 is 2.17 bits per heavy atom. The molecule has 5 heteroatoms. The summed E-state index contributed by atoms with van der Waals surface area (Å²) in [4.78, 5) is 4.64. The molecule has 3 aromatic carbocycles. The van der Waals surface area contributed by atoms with E-state index >= 15 is 0 Å². The molecule has 3 rings (SSSR count). The van der Waals surface area contributed by atoms with Crippen LogP contribution in [0.25, 0.3) is 0 Å². The molecule has 148 valence electrons. The van der Waals surface area contributed by atoms with Crippen molar-refractivity contribution < 1.29 is 18.9 Å². The van der Waals surface area contributed by atoms with E-state index in [4.69, 9.17) is 18.9 Å². The molecule has 0 bridgehead atoms. The highest BCUT2D eigenvalue weighted by atomic mass is 16.5. The van der Waals surface area contributed by atoms with Crippen molar-refractivity contribution in [3.63, 3.8) is 0 Å². The zero-order valence-electron chi connectivity index (χ0n) is 16.7. The lowest BCUT2D eigenvalue weighted by Gasteiger charge is -2.12. The van der Waals surface area contributed by atoms with Crippen LogP contribution in [0.3, 0.4) is 0 Å². The summed E-state index contributed by atoms with van der Waals surface area (Å²) in [6.07, 6.45) is 1.60. The van der Waals surface area contributed by atoms with Crippen molar-refractivity contribution in [1.82, 2.24) is 0 Å². The lowest BCUT2D eigenvalue weighted by molar-refractivity contribution is 0.377. The zero-order valence-corrected chi connectivity index (χ0v) is 16.7. The average Bonchev–Trinajstić information content (AvgIpc) is 2.78. The first-order valence-electron chi connectivity index (χ1n) is 9.12. The SMILES string of the molecule is COc1cccc(OC(=Nc2ccccc2)C(C)=COc2ccccc2OC)c1. The van der Waals surface area contributed by atoms with Gasteiger partial charge in [0.25, 0.3) is 0 Å². The molecule has 0 amide bonds. The summed E-state index contributed by atoms with van der Waals surface area (Å²) in [6, 6.07) is 24.4. The lowest BCUT2D eigenvalue weighted by atomic mass is 10.3. The molecule has 0 aliphatic heterocycles. The Morgan fingerprint density at radius 1 is 0.759 bits per heavy atom. The van der Waals surface area contributed by atoms with Crippen LogP contribution in [0.1, 0.15) is 6.92 Å². The molecule has 0 atom stereocenters. The van der Waals surface area contributed by atoms with Crippen molar-refractivity contribution in [2.24, 2.45) is 4.99 Å². The maximum atomic E-state index is 6.06. The van der Waals surface area contributed by atoms with Crippen molar-refractivity contribution >= 4 is 11.6 Å². The van der Waals surface area contributed by atoms with Gasteiger partial charge in [-0.05, 0) is 43.3 Å². The second-order valence-corrected chi connectivity index (χ2v) is 6.10.